The number of carbonyl (C=O) groups excluding carboxylic acids is 1. The fourth-order valence-corrected chi connectivity index (χ4v) is 5.95. The molecule has 0 aliphatic carbocycles. The first-order valence-corrected chi connectivity index (χ1v) is 13.0. The van der Waals surface area contributed by atoms with Crippen LogP contribution in [-0.2, 0) is 20.6 Å². The molecular weight excluding hydrogens is 487 g/mol. The third-order valence-electron chi connectivity index (χ3n) is 5.55. The van der Waals surface area contributed by atoms with Crippen LogP contribution in [0.3, 0.4) is 0 Å². The number of ether oxygens (including phenoxy) is 2. The molecule has 180 valence electrons. The lowest BCUT2D eigenvalue weighted by atomic mass is 9.97. The molecule has 2 aromatic rings. The van der Waals surface area contributed by atoms with E-state index in [9.17, 15) is 13.2 Å². The monoisotopic (exact) mass is 514 g/mol. The highest BCUT2D eigenvalue weighted by atomic mass is 35.5. The van der Waals surface area contributed by atoms with Gasteiger partial charge in [0.2, 0.25) is 15.9 Å². The zero-order chi connectivity index (χ0) is 24.0. The van der Waals surface area contributed by atoms with Gasteiger partial charge < -0.3 is 14.8 Å². The molecule has 1 fully saturated rings. The average molecular weight is 515 g/mol. The van der Waals surface area contributed by atoms with Crippen molar-refractivity contribution < 1.29 is 22.7 Å². The Kier molecular flexibility index (Phi) is 8.87. The second kappa shape index (κ2) is 11.4. The normalized spacial score (nSPS) is 16.2. The highest BCUT2D eigenvalue weighted by Crippen LogP contribution is 2.29. The first kappa shape index (κ1) is 25.6. The molecule has 1 N–H and O–H groups in total. The van der Waals surface area contributed by atoms with Crippen molar-refractivity contribution in [3.63, 3.8) is 0 Å². The zero-order valence-corrected chi connectivity index (χ0v) is 20.9. The molecule has 1 atom stereocenters. The third kappa shape index (κ3) is 6.99. The lowest BCUT2D eigenvalue weighted by molar-refractivity contribution is -0.126. The predicted octanol–water partition coefficient (Wildman–Crippen LogP) is 4.13. The van der Waals surface area contributed by atoms with Gasteiger partial charge in [0.05, 0.1) is 18.9 Å². The lowest BCUT2D eigenvalue weighted by Crippen LogP contribution is -2.46. The largest absolute Gasteiger partial charge is 0.497 e. The summed E-state index contributed by atoms with van der Waals surface area (Å²) in [7, 11) is -2.00. The minimum Gasteiger partial charge on any atom is -0.497 e. The Balaban J connectivity index is 1.46. The summed E-state index contributed by atoms with van der Waals surface area (Å²) in [5.41, 5.74) is 0.395. The van der Waals surface area contributed by atoms with Gasteiger partial charge in [-0.15, -0.1) is 0 Å². The molecule has 3 rings (SSSR count). The molecule has 1 amide bonds. The third-order valence-corrected chi connectivity index (χ3v) is 8.07. The number of piperidine rings is 1. The van der Waals surface area contributed by atoms with E-state index < -0.39 is 10.0 Å². The second-order valence-electron chi connectivity index (χ2n) is 8.03. The Hall–Kier alpha value is -2.00. The van der Waals surface area contributed by atoms with Crippen molar-refractivity contribution >= 4 is 39.1 Å². The number of methoxy groups -OCH3 is 1. The lowest BCUT2D eigenvalue weighted by Gasteiger charge is -2.31. The molecule has 7 nitrogen and oxygen atoms in total. The summed E-state index contributed by atoms with van der Waals surface area (Å²) in [5, 5.41) is 3.61. The number of amides is 1. The number of nitrogens with one attached hydrogen (secondary N) is 1. The van der Waals surface area contributed by atoms with Gasteiger partial charge in [-0.3, -0.25) is 4.79 Å². The van der Waals surface area contributed by atoms with Crippen LogP contribution in [0.2, 0.25) is 10.0 Å². The molecule has 0 radical (unpaired) electrons. The van der Waals surface area contributed by atoms with E-state index in [2.05, 4.69) is 5.32 Å². The molecule has 0 aromatic heterocycles. The van der Waals surface area contributed by atoms with Crippen molar-refractivity contribution in [2.45, 2.75) is 31.6 Å². The van der Waals surface area contributed by atoms with Gasteiger partial charge >= 0.3 is 0 Å². The van der Waals surface area contributed by atoms with Crippen LogP contribution in [-0.4, -0.2) is 51.5 Å². The van der Waals surface area contributed by atoms with Gasteiger partial charge in [0, 0.05) is 34.6 Å². The van der Waals surface area contributed by atoms with E-state index in [1.54, 1.807) is 49.6 Å². The number of rotatable bonds is 9. The first-order chi connectivity index (χ1) is 15.7. The van der Waals surface area contributed by atoms with Crippen LogP contribution in [0.15, 0.2) is 42.5 Å². The summed E-state index contributed by atoms with van der Waals surface area (Å²) in [5.74, 6) is 0.833. The van der Waals surface area contributed by atoms with E-state index >= 15 is 0 Å². The number of carbonyl (C=O) groups is 1. The molecular formula is C23H28Cl2N2O5S. The van der Waals surface area contributed by atoms with Crippen LogP contribution in [0.25, 0.3) is 0 Å². The van der Waals surface area contributed by atoms with E-state index in [0.717, 1.165) is 5.75 Å². The molecule has 1 heterocycles. The van der Waals surface area contributed by atoms with Crippen molar-refractivity contribution in [3.05, 3.63) is 58.1 Å². The van der Waals surface area contributed by atoms with E-state index in [1.165, 1.54) is 4.31 Å². The minimum absolute atomic E-state index is 0.0907. The van der Waals surface area contributed by atoms with E-state index in [4.69, 9.17) is 32.7 Å². The first-order valence-electron chi connectivity index (χ1n) is 10.7. The molecule has 1 saturated heterocycles. The van der Waals surface area contributed by atoms with Crippen LogP contribution in [0, 0.1) is 5.92 Å². The summed E-state index contributed by atoms with van der Waals surface area (Å²) >= 11 is 12.3. The van der Waals surface area contributed by atoms with Gasteiger partial charge in [-0.05, 0) is 56.2 Å². The Morgan fingerprint density at radius 2 is 1.67 bits per heavy atom. The molecule has 2 aromatic carbocycles. The quantitative estimate of drug-likeness (QED) is 0.543. The summed E-state index contributed by atoms with van der Waals surface area (Å²) in [6.07, 6.45) is 0.904. The van der Waals surface area contributed by atoms with Crippen molar-refractivity contribution in [3.8, 4) is 11.5 Å². The highest BCUT2D eigenvalue weighted by molar-refractivity contribution is 7.88. The van der Waals surface area contributed by atoms with Crippen molar-refractivity contribution in [1.82, 2.24) is 9.62 Å². The molecule has 1 unspecified atom stereocenters. The van der Waals surface area contributed by atoms with E-state index in [0.29, 0.717) is 40.8 Å². The van der Waals surface area contributed by atoms with E-state index in [-0.39, 0.29) is 36.7 Å². The maximum absolute atomic E-state index is 12.9. The summed E-state index contributed by atoms with van der Waals surface area (Å²) in [4.78, 5) is 12.7. The standard InChI is InChI=1S/C23H28Cl2N2O5S/c1-16(14-32-19-8-6-18(31-2)7-9-19)26-23(28)17-10-12-27(13-11-17)33(29,30)15-20-21(24)4-3-5-22(20)25/h3-9,16-17H,10-15H2,1-2H3,(H,26,28). The highest BCUT2D eigenvalue weighted by Gasteiger charge is 2.32. The molecule has 33 heavy (non-hydrogen) atoms. The van der Waals surface area contributed by atoms with Gasteiger partial charge in [-0.1, -0.05) is 29.3 Å². The van der Waals surface area contributed by atoms with Crippen molar-refractivity contribution in [1.29, 1.82) is 0 Å². The fraction of sp³-hybridized carbons (Fsp3) is 0.435. The summed E-state index contributed by atoms with van der Waals surface area (Å²) < 4.78 is 38.0. The Labute approximate surface area is 205 Å². The topological polar surface area (TPSA) is 84.9 Å². The van der Waals surface area contributed by atoms with Crippen molar-refractivity contribution in [2.75, 3.05) is 26.8 Å². The maximum atomic E-state index is 12.9. The molecule has 10 heteroatoms. The smallest absolute Gasteiger partial charge is 0.223 e. The van der Waals surface area contributed by atoms with Crippen LogP contribution in [0.5, 0.6) is 11.5 Å². The SMILES string of the molecule is COc1ccc(OCC(C)NC(=O)C2CCN(S(=O)(=O)Cc3c(Cl)cccc3Cl)CC2)cc1. The van der Waals surface area contributed by atoms with E-state index in [1.807, 2.05) is 6.92 Å². The van der Waals surface area contributed by atoms with Crippen LogP contribution >= 0.6 is 23.2 Å². The minimum atomic E-state index is -3.59. The van der Waals surface area contributed by atoms with Crippen LogP contribution < -0.4 is 14.8 Å². The van der Waals surface area contributed by atoms with Gasteiger partial charge in [0.15, 0.2) is 0 Å². The zero-order valence-electron chi connectivity index (χ0n) is 18.6. The number of sulfonamides is 1. The summed E-state index contributed by atoms with van der Waals surface area (Å²) in [6.45, 7) is 2.75. The van der Waals surface area contributed by atoms with Gasteiger partial charge in [0.1, 0.15) is 18.1 Å². The Bertz CT molecular complexity index is 1030. The Morgan fingerprint density at radius 3 is 2.24 bits per heavy atom. The summed E-state index contributed by atoms with van der Waals surface area (Å²) in [6, 6.07) is 11.9. The molecule has 0 spiro atoms. The second-order valence-corrected chi connectivity index (χ2v) is 10.8. The number of nitrogens with zero attached hydrogens (tertiary/aromatic N) is 1. The van der Waals surface area contributed by atoms with Gasteiger partial charge in [0.25, 0.3) is 0 Å². The molecule has 1 aliphatic heterocycles. The maximum Gasteiger partial charge on any atom is 0.223 e. The number of hydrogen-bond donors (Lipinski definition) is 1. The van der Waals surface area contributed by atoms with Gasteiger partial charge in [-0.25, -0.2) is 12.7 Å². The molecule has 0 saturated carbocycles. The van der Waals surface area contributed by atoms with Crippen LogP contribution in [0.1, 0.15) is 25.3 Å². The number of halogens is 2. The fourth-order valence-electron chi connectivity index (χ4n) is 3.64. The van der Waals surface area contributed by atoms with Crippen molar-refractivity contribution in [2.24, 2.45) is 5.92 Å². The Morgan fingerprint density at radius 1 is 1.09 bits per heavy atom. The molecule has 0 bridgehead atoms. The average Bonchev–Trinajstić information content (AvgIpc) is 2.80. The van der Waals surface area contributed by atoms with Gasteiger partial charge in [-0.2, -0.15) is 0 Å². The predicted molar refractivity (Wildman–Crippen MR) is 129 cm³/mol. The molecule has 1 aliphatic rings. The number of benzene rings is 2. The number of hydrogen-bond acceptors (Lipinski definition) is 5. The van der Waals surface area contributed by atoms with Crippen LogP contribution in [0.4, 0.5) is 0 Å².